The topological polar surface area (TPSA) is 305 Å². The van der Waals surface area contributed by atoms with Gasteiger partial charge in [0.2, 0.25) is 5.95 Å². The third kappa shape index (κ3) is 10.6. The van der Waals surface area contributed by atoms with Gasteiger partial charge in [0, 0.05) is 42.4 Å². The maximum Gasteiger partial charge on any atom is 0.389 e. The number of anilines is 3. The second-order valence-corrected chi connectivity index (χ2v) is 26.2. The van der Waals surface area contributed by atoms with E-state index in [0.717, 1.165) is 52.2 Å². The highest BCUT2D eigenvalue weighted by Crippen LogP contribution is 2.65. The van der Waals surface area contributed by atoms with Crippen molar-refractivity contribution in [2.75, 3.05) is 43.2 Å². The lowest BCUT2D eigenvalue weighted by Gasteiger charge is -2.30. The summed E-state index contributed by atoms with van der Waals surface area (Å²) in [5.74, 6) is -0.290. The molecule has 3 fully saturated rings. The van der Waals surface area contributed by atoms with E-state index in [2.05, 4.69) is 71.4 Å². The number of benzene rings is 4. The molecule has 5 aromatic heterocycles. The van der Waals surface area contributed by atoms with E-state index in [0.29, 0.717) is 35.8 Å². The number of aromatic nitrogens is 10. The van der Waals surface area contributed by atoms with Crippen molar-refractivity contribution < 1.29 is 59.7 Å². The predicted molar refractivity (Wildman–Crippen MR) is 305 cm³/mol. The van der Waals surface area contributed by atoms with Gasteiger partial charge in [-0.3, -0.25) is 32.5 Å². The van der Waals surface area contributed by atoms with Crippen molar-refractivity contribution in [1.82, 2.24) is 49.0 Å². The summed E-state index contributed by atoms with van der Waals surface area (Å²) in [6.07, 6.45) is -9.87. The van der Waals surface area contributed by atoms with Crippen LogP contribution in [-0.4, -0.2) is 126 Å². The van der Waals surface area contributed by atoms with Crippen LogP contribution >= 0.6 is 25.7 Å². The number of para-hydroxylation sites is 1. The number of esters is 1. The summed E-state index contributed by atoms with van der Waals surface area (Å²) < 4.78 is 115. The molecule has 5 N–H and O–H groups in total. The van der Waals surface area contributed by atoms with Gasteiger partial charge in [-0.25, -0.2) is 37.8 Å². The molecule has 25 nitrogen and oxygen atoms in total. The Morgan fingerprint density at radius 2 is 1.48 bits per heavy atom. The van der Waals surface area contributed by atoms with Gasteiger partial charge in [-0.2, -0.15) is 4.98 Å². The van der Waals surface area contributed by atoms with Crippen molar-refractivity contribution in [3.8, 4) is 34.0 Å². The Morgan fingerprint density at radius 1 is 0.810 bits per heavy atom. The molecule has 4 aliphatic heterocycles. The molecule has 432 valence electrons. The first-order valence-corrected chi connectivity index (χ1v) is 31.4. The van der Waals surface area contributed by atoms with Crippen LogP contribution in [0.4, 0.5) is 26.1 Å². The number of aromatic amines is 1. The number of carbonyl (C=O) groups is 1. The van der Waals surface area contributed by atoms with Gasteiger partial charge in [0.25, 0.3) is 20.6 Å². The minimum atomic E-state index is -4.61. The number of imidazole rings is 2. The number of H-pyrrole nitrogens is 1. The Labute approximate surface area is 480 Å². The van der Waals surface area contributed by atoms with Crippen molar-refractivity contribution in [2.45, 2.75) is 68.1 Å². The van der Waals surface area contributed by atoms with Crippen LogP contribution in [-0.2, 0) is 55.5 Å². The number of fused-ring (bicyclic) bond motifs is 9. The number of nitrogens with one attached hydrogen (secondary N) is 1. The van der Waals surface area contributed by atoms with Crippen LogP contribution in [0.15, 0.2) is 127 Å². The molecule has 0 spiro atoms. The zero-order valence-electron chi connectivity index (χ0n) is 44.5. The van der Waals surface area contributed by atoms with Crippen molar-refractivity contribution >= 4 is 78.8 Å². The zero-order valence-corrected chi connectivity index (χ0v) is 47.1. The third-order valence-electron chi connectivity index (χ3n) is 14.6. The van der Waals surface area contributed by atoms with E-state index in [-0.39, 0.29) is 57.6 Å². The molecule has 4 aromatic carbocycles. The third-order valence-corrected chi connectivity index (χ3v) is 19.5. The predicted octanol–water partition coefficient (Wildman–Crippen LogP) is 6.97. The SMILES string of the molecule is B[P@]1(=O)OC[C@H]2O[C@@H](n3cnc4c(N)ccnc43)[C@H](F)[C@@H]2O[P@@](=O)(SCc2ccc(OC(=O)c3ccc(OCCn4nnc5c4-c4ccccc4N(C)Cc4ccccc4-5)cc3)cc2)OC[C@H]2O[C@@H](n3cnc4c(=O)[nH]c(N)nc43)[C@H](F)[C@@H]2O1. The van der Waals surface area contributed by atoms with Gasteiger partial charge in [-0.15, -0.1) is 5.10 Å². The van der Waals surface area contributed by atoms with E-state index in [4.69, 9.17) is 48.5 Å². The van der Waals surface area contributed by atoms with Gasteiger partial charge in [0.15, 0.2) is 41.6 Å². The minimum absolute atomic E-state index is 0.0813. The van der Waals surface area contributed by atoms with Gasteiger partial charge in [0.05, 0.1) is 49.4 Å². The van der Waals surface area contributed by atoms with Crippen LogP contribution in [0.2, 0.25) is 0 Å². The zero-order chi connectivity index (χ0) is 58.0. The number of pyridine rings is 1. The Kier molecular flexibility index (Phi) is 14.7. The minimum Gasteiger partial charge on any atom is -0.492 e. The smallest absolute Gasteiger partial charge is 0.389 e. The summed E-state index contributed by atoms with van der Waals surface area (Å²) >= 11 is 0.670. The number of carbonyl (C=O) groups excluding carboxylic acids is 1. The van der Waals surface area contributed by atoms with E-state index >= 15 is 13.3 Å². The second-order valence-electron chi connectivity index (χ2n) is 20.2. The molecule has 0 amide bonds. The second kappa shape index (κ2) is 22.3. The number of hydrogen-bond acceptors (Lipinski definition) is 22. The number of ether oxygens (including phenoxy) is 4. The Bertz CT molecular complexity index is 4150. The number of nitrogen functional groups attached to an aromatic ring is 2. The van der Waals surface area contributed by atoms with E-state index < -0.39 is 88.2 Å². The standard InChI is InChI=1S/C53H50BF2N13O12P2S/c1-66-22-30-6-2-3-7-33(30)41-44(34-8-4-5-9-36(34)66)69(65-64-41)20-21-74-31-16-12-29(13-17-31)52(71)77-32-14-10-28(11-15-32)25-84-83(73)76-24-38-45(39(55)51(79-38)68-27-61-43-48(68)62-53(58)63-49(43)70)80-82(54,72)75-23-37-46(81-83)40(56)50(78-37)67-26-60-42-35(57)18-19-59-47(42)67/h2-19,26-27,37-40,45-46,50-51H,20-25,54H2,1H3,(H2,57,59)(H3,58,62,63,70)/t37-,38-,39-,40-,45-,46-,50-,51-,82+,83+/m1/s1. The Balaban J connectivity index is 0.694. The maximum atomic E-state index is 17.1. The fourth-order valence-electron chi connectivity index (χ4n) is 10.6. The number of halogens is 2. The summed E-state index contributed by atoms with van der Waals surface area (Å²) in [5.41, 5.74) is 18.3. The molecule has 13 rings (SSSR count). The van der Waals surface area contributed by atoms with Gasteiger partial charge >= 0.3 is 12.8 Å². The van der Waals surface area contributed by atoms with Crippen molar-refractivity contribution in [1.29, 1.82) is 0 Å². The molecule has 0 bridgehead atoms. The fourth-order valence-corrected chi connectivity index (χ4v) is 15.1. The van der Waals surface area contributed by atoms with Crippen molar-refractivity contribution in [3.63, 3.8) is 0 Å². The number of hydrogen-bond donors (Lipinski definition) is 3. The molecule has 4 aliphatic rings. The molecular weight excluding hydrogens is 1150 g/mol. The molecule has 0 unspecified atom stereocenters. The average Bonchev–Trinajstić information content (AvgIpc) is 4.18. The van der Waals surface area contributed by atoms with Gasteiger partial charge in [-0.05, 0) is 71.0 Å². The van der Waals surface area contributed by atoms with Gasteiger partial charge < -0.3 is 44.4 Å². The largest absolute Gasteiger partial charge is 0.492 e. The first-order chi connectivity index (χ1) is 40.6. The Morgan fingerprint density at radius 3 is 2.24 bits per heavy atom. The van der Waals surface area contributed by atoms with Crippen LogP contribution in [0.1, 0.15) is 33.9 Å². The summed E-state index contributed by atoms with van der Waals surface area (Å²) in [6, 6.07) is 30.7. The summed E-state index contributed by atoms with van der Waals surface area (Å²) in [6.45, 7) is -4.62. The highest BCUT2D eigenvalue weighted by Gasteiger charge is 2.55. The first-order valence-electron chi connectivity index (χ1n) is 26.3. The fraction of sp³-hybridized carbons (Fsp3) is 0.283. The van der Waals surface area contributed by atoms with Crippen molar-refractivity contribution in [3.05, 3.63) is 149 Å². The summed E-state index contributed by atoms with van der Waals surface area (Å²) in [5, 5.41) is 9.18. The average molecular weight is 1200 g/mol. The first kappa shape index (κ1) is 55.4. The van der Waals surface area contributed by atoms with E-state index in [1.807, 2.05) is 28.9 Å². The number of nitrogens with two attached hydrogens (primary N) is 2. The molecule has 0 saturated carbocycles. The molecular formula is C53H50BF2N13O12P2S. The van der Waals surface area contributed by atoms with Crippen LogP contribution < -0.4 is 31.4 Å². The van der Waals surface area contributed by atoms with E-state index in [1.54, 1.807) is 36.4 Å². The summed E-state index contributed by atoms with van der Waals surface area (Å²) in [4.78, 5) is 47.3. The highest BCUT2D eigenvalue weighted by molar-refractivity contribution is 8.54. The molecule has 84 heavy (non-hydrogen) atoms. The number of nitrogens with zero attached hydrogens (tertiary/aromatic N) is 10. The maximum absolute atomic E-state index is 17.1. The molecule has 31 heteroatoms. The lowest BCUT2D eigenvalue weighted by molar-refractivity contribution is -0.0546. The lowest BCUT2D eigenvalue weighted by atomic mass is 9.96. The molecule has 3 saturated heterocycles. The summed E-state index contributed by atoms with van der Waals surface area (Å²) in [7, 11) is -1.11. The molecule has 0 aliphatic carbocycles. The van der Waals surface area contributed by atoms with Crippen LogP contribution in [0.3, 0.4) is 0 Å². The van der Waals surface area contributed by atoms with Crippen molar-refractivity contribution in [2.24, 2.45) is 0 Å². The quantitative estimate of drug-likeness (QED) is 0.0509. The monoisotopic (exact) mass is 1200 g/mol. The molecule has 10 atom stereocenters. The Hall–Kier alpha value is -7.85. The van der Waals surface area contributed by atoms with Gasteiger partial charge in [0.1, 0.15) is 53.7 Å². The van der Waals surface area contributed by atoms with Gasteiger partial charge in [-0.1, -0.05) is 59.8 Å². The number of alkyl halides is 2. The number of rotatable bonds is 11. The normalized spacial score (nSPS) is 26.0. The molecule has 9 heterocycles. The van der Waals surface area contributed by atoms with Crippen LogP contribution in [0.25, 0.3) is 44.8 Å². The lowest BCUT2D eigenvalue weighted by Crippen LogP contribution is -2.37. The van der Waals surface area contributed by atoms with Crippen LogP contribution in [0, 0.1) is 0 Å². The molecule has 9 aromatic rings. The van der Waals surface area contributed by atoms with E-state index in [9.17, 15) is 14.2 Å². The highest BCUT2D eigenvalue weighted by atomic mass is 32.7. The van der Waals surface area contributed by atoms with Crippen LogP contribution in [0.5, 0.6) is 11.5 Å². The van der Waals surface area contributed by atoms with E-state index in [1.165, 1.54) is 35.3 Å². The molecule has 0 radical (unpaired) electrons.